The van der Waals surface area contributed by atoms with Gasteiger partial charge in [0.25, 0.3) is 0 Å². The molecule has 2 rings (SSSR count). The lowest BCUT2D eigenvalue weighted by atomic mass is 9.96. The van der Waals surface area contributed by atoms with Crippen LogP contribution in [0.2, 0.25) is 0 Å². The van der Waals surface area contributed by atoms with Crippen molar-refractivity contribution in [2.75, 3.05) is 19.0 Å². The SMILES string of the molecule is COCC(O)c1cc(C)c2c(c1)C(C)C(=O)N2. The highest BCUT2D eigenvalue weighted by atomic mass is 16.5. The first-order valence-electron chi connectivity index (χ1n) is 5.67. The smallest absolute Gasteiger partial charge is 0.231 e. The standard InChI is InChI=1S/C13H17NO3/c1-7-4-9(11(15)6-17-3)5-10-8(2)13(16)14-12(7)10/h4-5,8,11,15H,6H2,1-3H3,(H,14,16). The molecule has 0 radical (unpaired) electrons. The van der Waals surface area contributed by atoms with Crippen LogP contribution in [-0.2, 0) is 9.53 Å². The molecule has 0 saturated heterocycles. The lowest BCUT2D eigenvalue weighted by molar-refractivity contribution is -0.116. The number of amides is 1. The van der Waals surface area contributed by atoms with Crippen molar-refractivity contribution in [1.82, 2.24) is 0 Å². The summed E-state index contributed by atoms with van der Waals surface area (Å²) in [5.74, 6) is -0.139. The van der Waals surface area contributed by atoms with Gasteiger partial charge in [0, 0.05) is 12.8 Å². The normalized spacial score (nSPS) is 20.0. The molecule has 0 aliphatic carbocycles. The van der Waals surface area contributed by atoms with Crippen LogP contribution in [-0.4, -0.2) is 24.7 Å². The van der Waals surface area contributed by atoms with E-state index in [1.807, 2.05) is 26.0 Å². The molecule has 1 aromatic carbocycles. The second kappa shape index (κ2) is 4.47. The molecule has 17 heavy (non-hydrogen) atoms. The minimum Gasteiger partial charge on any atom is -0.386 e. The van der Waals surface area contributed by atoms with E-state index >= 15 is 0 Å². The summed E-state index contributed by atoms with van der Waals surface area (Å²) in [6.07, 6.45) is -0.646. The molecule has 92 valence electrons. The maximum Gasteiger partial charge on any atom is 0.231 e. The summed E-state index contributed by atoms with van der Waals surface area (Å²) in [5, 5.41) is 12.8. The zero-order valence-electron chi connectivity index (χ0n) is 10.3. The maximum atomic E-state index is 11.6. The molecule has 1 aromatic rings. The van der Waals surface area contributed by atoms with Crippen molar-refractivity contribution in [1.29, 1.82) is 0 Å². The first kappa shape index (κ1) is 12.1. The predicted molar refractivity (Wildman–Crippen MR) is 65.1 cm³/mol. The van der Waals surface area contributed by atoms with Gasteiger partial charge >= 0.3 is 0 Å². The van der Waals surface area contributed by atoms with Crippen LogP contribution in [0.15, 0.2) is 12.1 Å². The molecule has 0 bridgehead atoms. The van der Waals surface area contributed by atoms with Crippen LogP contribution in [0, 0.1) is 6.92 Å². The molecule has 0 spiro atoms. The van der Waals surface area contributed by atoms with Crippen LogP contribution in [0.3, 0.4) is 0 Å². The monoisotopic (exact) mass is 235 g/mol. The van der Waals surface area contributed by atoms with Gasteiger partial charge in [-0.25, -0.2) is 0 Å². The van der Waals surface area contributed by atoms with Gasteiger partial charge in [0.05, 0.1) is 12.5 Å². The number of aliphatic hydroxyl groups is 1. The Hall–Kier alpha value is -1.39. The number of nitrogens with one attached hydrogen (secondary N) is 1. The molecule has 1 amide bonds. The van der Waals surface area contributed by atoms with E-state index < -0.39 is 6.10 Å². The Balaban J connectivity index is 2.41. The highest BCUT2D eigenvalue weighted by Crippen LogP contribution is 2.36. The molecule has 1 heterocycles. The van der Waals surface area contributed by atoms with Crippen molar-refractivity contribution in [2.45, 2.75) is 25.9 Å². The van der Waals surface area contributed by atoms with Crippen molar-refractivity contribution < 1.29 is 14.6 Å². The van der Waals surface area contributed by atoms with E-state index in [4.69, 9.17) is 4.74 Å². The average Bonchev–Trinajstić information content (AvgIpc) is 2.57. The molecular weight excluding hydrogens is 218 g/mol. The van der Waals surface area contributed by atoms with E-state index in [2.05, 4.69) is 5.32 Å². The van der Waals surface area contributed by atoms with Crippen molar-refractivity contribution in [3.05, 3.63) is 28.8 Å². The van der Waals surface area contributed by atoms with Crippen LogP contribution in [0.5, 0.6) is 0 Å². The molecule has 4 heteroatoms. The molecule has 0 aromatic heterocycles. The second-order valence-electron chi connectivity index (χ2n) is 4.48. The third-order valence-corrected chi connectivity index (χ3v) is 3.21. The Morgan fingerprint density at radius 2 is 2.24 bits per heavy atom. The van der Waals surface area contributed by atoms with Gasteiger partial charge in [0.2, 0.25) is 5.91 Å². The fraction of sp³-hybridized carbons (Fsp3) is 0.462. The highest BCUT2D eigenvalue weighted by Gasteiger charge is 2.28. The number of hydrogen-bond acceptors (Lipinski definition) is 3. The zero-order valence-corrected chi connectivity index (χ0v) is 10.3. The second-order valence-corrected chi connectivity index (χ2v) is 4.48. The van der Waals surface area contributed by atoms with Crippen LogP contribution < -0.4 is 5.32 Å². The Kier molecular flexibility index (Phi) is 3.17. The van der Waals surface area contributed by atoms with E-state index in [-0.39, 0.29) is 18.4 Å². The maximum absolute atomic E-state index is 11.6. The van der Waals surface area contributed by atoms with Crippen molar-refractivity contribution in [3.63, 3.8) is 0 Å². The van der Waals surface area contributed by atoms with Crippen molar-refractivity contribution >= 4 is 11.6 Å². The highest BCUT2D eigenvalue weighted by molar-refractivity contribution is 6.03. The summed E-state index contributed by atoms with van der Waals surface area (Å²) in [4.78, 5) is 11.6. The molecule has 1 aliphatic heterocycles. The fourth-order valence-electron chi connectivity index (χ4n) is 2.17. The number of methoxy groups -OCH3 is 1. The van der Waals surface area contributed by atoms with Gasteiger partial charge in [-0.05, 0) is 30.5 Å². The van der Waals surface area contributed by atoms with Crippen LogP contribution in [0.4, 0.5) is 5.69 Å². The molecule has 0 saturated carbocycles. The summed E-state index contributed by atoms with van der Waals surface area (Å²) >= 11 is 0. The topological polar surface area (TPSA) is 58.6 Å². The van der Waals surface area contributed by atoms with Gasteiger partial charge in [0.15, 0.2) is 0 Å². The number of carbonyl (C=O) groups is 1. The van der Waals surface area contributed by atoms with Gasteiger partial charge in [-0.15, -0.1) is 0 Å². The van der Waals surface area contributed by atoms with Gasteiger partial charge in [-0.2, -0.15) is 0 Å². The number of ether oxygens (including phenoxy) is 1. The lowest BCUT2D eigenvalue weighted by Gasteiger charge is -2.14. The molecule has 2 N–H and O–H groups in total. The minimum absolute atomic E-state index is 0.0153. The predicted octanol–water partition coefficient (Wildman–Crippen LogP) is 1.73. The summed E-state index contributed by atoms with van der Waals surface area (Å²) in [6.45, 7) is 4.06. The number of aliphatic hydroxyl groups excluding tert-OH is 1. The summed E-state index contributed by atoms with van der Waals surface area (Å²) < 4.78 is 4.93. The van der Waals surface area contributed by atoms with Gasteiger partial charge in [0.1, 0.15) is 6.10 Å². The number of hydrogen-bond donors (Lipinski definition) is 2. The van der Waals surface area contributed by atoms with E-state index in [1.165, 1.54) is 0 Å². The Labute approximate surface area is 101 Å². The molecule has 2 unspecified atom stereocenters. The Morgan fingerprint density at radius 1 is 1.53 bits per heavy atom. The summed E-state index contributed by atoms with van der Waals surface area (Å²) in [7, 11) is 1.55. The lowest BCUT2D eigenvalue weighted by Crippen LogP contribution is -2.08. The number of benzene rings is 1. The first-order valence-corrected chi connectivity index (χ1v) is 5.67. The minimum atomic E-state index is -0.646. The summed E-state index contributed by atoms with van der Waals surface area (Å²) in [6, 6.07) is 3.77. The van der Waals surface area contributed by atoms with Crippen LogP contribution in [0.25, 0.3) is 0 Å². The number of aryl methyl sites for hydroxylation is 1. The third-order valence-electron chi connectivity index (χ3n) is 3.21. The molecule has 4 nitrogen and oxygen atoms in total. The zero-order chi connectivity index (χ0) is 12.6. The van der Waals surface area contributed by atoms with Gasteiger partial charge < -0.3 is 15.2 Å². The molecule has 0 fully saturated rings. The average molecular weight is 235 g/mol. The number of fused-ring (bicyclic) bond motifs is 1. The molecular formula is C13H17NO3. The van der Waals surface area contributed by atoms with E-state index in [0.717, 1.165) is 22.4 Å². The Morgan fingerprint density at radius 3 is 2.88 bits per heavy atom. The number of anilines is 1. The van der Waals surface area contributed by atoms with E-state index in [1.54, 1.807) is 7.11 Å². The summed E-state index contributed by atoms with van der Waals surface area (Å²) in [5.41, 5.74) is 3.62. The Bertz CT molecular complexity index is 456. The third kappa shape index (κ3) is 2.06. The fourth-order valence-corrected chi connectivity index (χ4v) is 2.17. The largest absolute Gasteiger partial charge is 0.386 e. The van der Waals surface area contributed by atoms with E-state index in [0.29, 0.717) is 0 Å². The van der Waals surface area contributed by atoms with E-state index in [9.17, 15) is 9.90 Å². The number of carbonyl (C=O) groups excluding carboxylic acids is 1. The molecule has 1 aliphatic rings. The van der Waals surface area contributed by atoms with Crippen molar-refractivity contribution in [2.24, 2.45) is 0 Å². The quantitative estimate of drug-likeness (QED) is 0.838. The molecule has 2 atom stereocenters. The van der Waals surface area contributed by atoms with Crippen LogP contribution >= 0.6 is 0 Å². The van der Waals surface area contributed by atoms with Gasteiger partial charge in [-0.1, -0.05) is 12.1 Å². The first-order chi connectivity index (χ1) is 8.04. The van der Waals surface area contributed by atoms with Crippen LogP contribution in [0.1, 0.15) is 35.6 Å². The van der Waals surface area contributed by atoms with Crippen molar-refractivity contribution in [3.8, 4) is 0 Å². The number of rotatable bonds is 3. The van der Waals surface area contributed by atoms with Gasteiger partial charge in [-0.3, -0.25) is 4.79 Å².